The second-order valence-electron chi connectivity index (χ2n) is 3.56. The van der Waals surface area contributed by atoms with Gasteiger partial charge in [0.2, 0.25) is 0 Å². The van der Waals surface area contributed by atoms with E-state index in [1.165, 1.54) is 0 Å². The zero-order valence-electron chi connectivity index (χ0n) is 8.58. The predicted molar refractivity (Wildman–Crippen MR) is 55.0 cm³/mol. The van der Waals surface area contributed by atoms with Crippen LogP contribution < -0.4 is 10.6 Å². The summed E-state index contributed by atoms with van der Waals surface area (Å²) in [4.78, 5) is 11.1. The van der Waals surface area contributed by atoms with E-state index in [2.05, 4.69) is 5.32 Å². The molecule has 0 fully saturated rings. The molecule has 1 unspecified atom stereocenters. The van der Waals surface area contributed by atoms with E-state index in [1.54, 1.807) is 35.6 Å². The summed E-state index contributed by atoms with van der Waals surface area (Å²) in [7, 11) is 0. The van der Waals surface area contributed by atoms with Crippen molar-refractivity contribution >= 4 is 6.03 Å². The van der Waals surface area contributed by atoms with Crippen LogP contribution in [0.5, 0.6) is 0 Å². The number of urea groups is 1. The highest BCUT2D eigenvalue weighted by Gasteiger charge is 2.38. The molecule has 1 heterocycles. The molecule has 2 N–H and O–H groups in total. The molecule has 0 aromatic heterocycles. The van der Waals surface area contributed by atoms with E-state index >= 15 is 0 Å². The van der Waals surface area contributed by atoms with Gasteiger partial charge in [0.15, 0.2) is 0 Å². The second-order valence-corrected chi connectivity index (χ2v) is 3.56. The van der Waals surface area contributed by atoms with Gasteiger partial charge in [-0.2, -0.15) is 13.2 Å². The van der Waals surface area contributed by atoms with Crippen molar-refractivity contribution in [1.29, 1.82) is 0 Å². The predicted octanol–water partition coefficient (Wildman–Crippen LogP) is 2.49. The van der Waals surface area contributed by atoms with Crippen LogP contribution >= 0.6 is 0 Å². The van der Waals surface area contributed by atoms with Gasteiger partial charge < -0.3 is 10.6 Å². The third-order valence-electron chi connectivity index (χ3n) is 2.33. The lowest BCUT2D eigenvalue weighted by molar-refractivity contribution is -0.0964. The van der Waals surface area contributed by atoms with Crippen molar-refractivity contribution in [2.24, 2.45) is 0 Å². The Morgan fingerprint density at radius 2 is 1.76 bits per heavy atom. The Hall–Kier alpha value is -1.98. The Bertz CT molecular complexity index is 454. The average Bonchev–Trinajstić information content (AvgIpc) is 2.28. The number of benzene rings is 1. The molecule has 0 saturated heterocycles. The third kappa shape index (κ3) is 2.58. The first kappa shape index (κ1) is 11.5. The fraction of sp³-hybridized carbons (Fsp3) is 0.182. The Morgan fingerprint density at radius 1 is 1.12 bits per heavy atom. The van der Waals surface area contributed by atoms with Crippen molar-refractivity contribution in [2.75, 3.05) is 0 Å². The standard InChI is InChI=1S/C11H9F3N2O/c12-11(13,14)9-6-8(15-10(17)16-9)7-4-2-1-3-5-7/h1-6,8H,(H2,15,16,17). The zero-order chi connectivity index (χ0) is 12.5. The van der Waals surface area contributed by atoms with Crippen molar-refractivity contribution in [3.63, 3.8) is 0 Å². The van der Waals surface area contributed by atoms with E-state index < -0.39 is 23.9 Å². The molecule has 17 heavy (non-hydrogen) atoms. The number of alkyl halides is 3. The van der Waals surface area contributed by atoms with E-state index in [0.717, 1.165) is 6.08 Å². The quantitative estimate of drug-likeness (QED) is 0.780. The SMILES string of the molecule is O=C1NC(C(F)(F)F)=CC(c2ccccc2)N1. The second kappa shape index (κ2) is 4.12. The molecule has 1 aromatic carbocycles. The summed E-state index contributed by atoms with van der Waals surface area (Å²) in [5.74, 6) is 0. The Balaban J connectivity index is 2.33. The summed E-state index contributed by atoms with van der Waals surface area (Å²) in [6.07, 6.45) is -3.60. The van der Waals surface area contributed by atoms with Crippen LogP contribution in [0.1, 0.15) is 11.6 Å². The molecule has 2 amide bonds. The van der Waals surface area contributed by atoms with Crippen LogP contribution in [0.3, 0.4) is 0 Å². The fourth-order valence-electron chi connectivity index (χ4n) is 1.55. The number of allylic oxidation sites excluding steroid dienone is 1. The van der Waals surface area contributed by atoms with Crippen molar-refractivity contribution < 1.29 is 18.0 Å². The lowest BCUT2D eigenvalue weighted by Gasteiger charge is -2.24. The first-order valence-electron chi connectivity index (χ1n) is 4.88. The monoisotopic (exact) mass is 242 g/mol. The van der Waals surface area contributed by atoms with Crippen molar-refractivity contribution in [2.45, 2.75) is 12.2 Å². The lowest BCUT2D eigenvalue weighted by atomic mass is 10.0. The molecule has 2 rings (SSSR count). The zero-order valence-corrected chi connectivity index (χ0v) is 8.58. The highest BCUT2D eigenvalue weighted by atomic mass is 19.4. The maximum atomic E-state index is 12.5. The van der Waals surface area contributed by atoms with Gasteiger partial charge in [0.05, 0.1) is 6.04 Å². The first-order valence-corrected chi connectivity index (χ1v) is 4.88. The number of nitrogens with one attached hydrogen (secondary N) is 2. The molecule has 0 saturated carbocycles. The highest BCUT2D eigenvalue weighted by Crippen LogP contribution is 2.28. The van der Waals surface area contributed by atoms with E-state index in [-0.39, 0.29) is 0 Å². The van der Waals surface area contributed by atoms with Gasteiger partial charge in [0, 0.05) is 0 Å². The normalized spacial score (nSPS) is 20.3. The lowest BCUT2D eigenvalue weighted by Crippen LogP contribution is -2.45. The fourth-order valence-corrected chi connectivity index (χ4v) is 1.55. The molecule has 0 aliphatic carbocycles. The number of carbonyl (C=O) groups excluding carboxylic acids is 1. The van der Waals surface area contributed by atoms with Gasteiger partial charge in [-0.1, -0.05) is 30.3 Å². The van der Waals surface area contributed by atoms with E-state index in [0.29, 0.717) is 5.56 Å². The van der Waals surface area contributed by atoms with E-state index in [4.69, 9.17) is 0 Å². The topological polar surface area (TPSA) is 41.1 Å². The summed E-state index contributed by atoms with van der Waals surface area (Å²) in [6.45, 7) is 0. The molecule has 1 aromatic rings. The maximum absolute atomic E-state index is 12.5. The number of rotatable bonds is 1. The Labute approximate surface area is 95.3 Å². The van der Waals surface area contributed by atoms with Gasteiger partial charge in [0.25, 0.3) is 0 Å². The molecule has 0 bridgehead atoms. The summed E-state index contributed by atoms with van der Waals surface area (Å²) < 4.78 is 37.5. The smallest absolute Gasteiger partial charge is 0.327 e. The van der Waals surface area contributed by atoms with Crippen LogP contribution in [-0.4, -0.2) is 12.2 Å². The number of carbonyl (C=O) groups is 1. The van der Waals surface area contributed by atoms with Crippen molar-refractivity contribution in [1.82, 2.24) is 10.6 Å². The van der Waals surface area contributed by atoms with Crippen LogP contribution in [0.15, 0.2) is 42.1 Å². The minimum absolute atomic E-state index is 0.601. The molecule has 6 heteroatoms. The molecule has 0 radical (unpaired) electrons. The average molecular weight is 242 g/mol. The number of hydrogen-bond acceptors (Lipinski definition) is 1. The molecular formula is C11H9F3N2O. The van der Waals surface area contributed by atoms with Gasteiger partial charge in [-0.05, 0) is 11.6 Å². The summed E-state index contributed by atoms with van der Waals surface area (Å²) in [6, 6.07) is 6.84. The summed E-state index contributed by atoms with van der Waals surface area (Å²) >= 11 is 0. The van der Waals surface area contributed by atoms with Crippen molar-refractivity contribution in [3.05, 3.63) is 47.7 Å². The maximum Gasteiger partial charge on any atom is 0.431 e. The molecular weight excluding hydrogens is 233 g/mol. The van der Waals surface area contributed by atoms with Gasteiger partial charge in [-0.15, -0.1) is 0 Å². The van der Waals surface area contributed by atoms with Crippen LogP contribution in [-0.2, 0) is 0 Å². The molecule has 1 aliphatic heterocycles. The number of hydrogen-bond donors (Lipinski definition) is 2. The third-order valence-corrected chi connectivity index (χ3v) is 2.33. The summed E-state index contributed by atoms with van der Waals surface area (Å²) in [5.41, 5.74) is -0.431. The largest absolute Gasteiger partial charge is 0.431 e. The Morgan fingerprint density at radius 3 is 2.35 bits per heavy atom. The minimum Gasteiger partial charge on any atom is -0.327 e. The Kier molecular flexibility index (Phi) is 2.79. The first-order chi connectivity index (χ1) is 7.97. The van der Waals surface area contributed by atoms with E-state index in [1.807, 2.05) is 0 Å². The molecule has 90 valence electrons. The van der Waals surface area contributed by atoms with Gasteiger partial charge in [-0.25, -0.2) is 4.79 Å². The van der Waals surface area contributed by atoms with Gasteiger partial charge in [-0.3, -0.25) is 0 Å². The van der Waals surface area contributed by atoms with Crippen LogP contribution in [0.25, 0.3) is 0 Å². The molecule has 1 atom stereocenters. The van der Waals surface area contributed by atoms with Crippen LogP contribution in [0.4, 0.5) is 18.0 Å². The van der Waals surface area contributed by atoms with Crippen LogP contribution in [0, 0.1) is 0 Å². The van der Waals surface area contributed by atoms with E-state index in [9.17, 15) is 18.0 Å². The summed E-state index contributed by atoms with van der Waals surface area (Å²) in [5, 5.41) is 4.15. The molecule has 1 aliphatic rings. The molecule has 0 spiro atoms. The minimum atomic E-state index is -4.55. The molecule has 3 nitrogen and oxygen atoms in total. The number of amides is 2. The van der Waals surface area contributed by atoms with Gasteiger partial charge >= 0.3 is 12.2 Å². The van der Waals surface area contributed by atoms with Gasteiger partial charge in [0.1, 0.15) is 5.70 Å². The number of halogens is 3. The highest BCUT2D eigenvalue weighted by molar-refractivity contribution is 5.78. The van der Waals surface area contributed by atoms with Crippen LogP contribution in [0.2, 0.25) is 0 Å². The van der Waals surface area contributed by atoms with Crippen molar-refractivity contribution in [3.8, 4) is 0 Å².